The number of aromatic nitrogens is 2. The molecule has 0 aliphatic heterocycles. The first-order valence-corrected chi connectivity index (χ1v) is 5.66. The van der Waals surface area contributed by atoms with E-state index in [0.717, 1.165) is 35.1 Å². The van der Waals surface area contributed by atoms with Crippen molar-refractivity contribution < 1.29 is 26.3 Å². The lowest BCUT2D eigenvalue weighted by Crippen LogP contribution is -2.13. The molecule has 0 fully saturated rings. The summed E-state index contributed by atoms with van der Waals surface area (Å²) in [6, 6.07) is 3.61. The molecular weight excluding hydrogens is 300 g/mol. The highest BCUT2D eigenvalue weighted by Crippen LogP contribution is 2.33. The fraction of sp³-hybridized carbons (Fsp3) is 0.250. The first-order chi connectivity index (χ1) is 9.63. The lowest BCUT2D eigenvalue weighted by atomic mass is 10.1. The molecule has 2 N–H and O–H groups in total. The van der Waals surface area contributed by atoms with Gasteiger partial charge in [-0.05, 0) is 29.8 Å². The fourth-order valence-corrected chi connectivity index (χ4v) is 1.79. The Balaban J connectivity index is 2.44. The minimum absolute atomic E-state index is 0.0685. The van der Waals surface area contributed by atoms with Crippen LogP contribution in [0.2, 0.25) is 0 Å². The van der Waals surface area contributed by atoms with Crippen LogP contribution in [0.5, 0.6) is 0 Å². The molecule has 114 valence electrons. The summed E-state index contributed by atoms with van der Waals surface area (Å²) in [7, 11) is 0. The van der Waals surface area contributed by atoms with Crippen molar-refractivity contribution in [1.29, 1.82) is 0 Å². The van der Waals surface area contributed by atoms with Gasteiger partial charge >= 0.3 is 12.4 Å². The first-order valence-electron chi connectivity index (χ1n) is 5.66. The predicted octanol–water partition coefficient (Wildman–Crippen LogP) is 3.37. The van der Waals surface area contributed by atoms with Gasteiger partial charge in [-0.3, -0.25) is 0 Å². The van der Waals surface area contributed by atoms with E-state index in [1.54, 1.807) is 0 Å². The number of nitrogens with two attached hydrogens (primary N) is 1. The smallest absolute Gasteiger partial charge is 0.326 e. The number of rotatable bonds is 2. The van der Waals surface area contributed by atoms with Gasteiger partial charge in [0.15, 0.2) is 5.69 Å². The molecule has 0 bridgehead atoms. The summed E-state index contributed by atoms with van der Waals surface area (Å²) in [5.41, 5.74) is 3.06. The quantitative estimate of drug-likeness (QED) is 0.864. The summed E-state index contributed by atoms with van der Waals surface area (Å²) in [5, 5.41) is 3.29. The summed E-state index contributed by atoms with van der Waals surface area (Å²) >= 11 is 0. The van der Waals surface area contributed by atoms with Crippen molar-refractivity contribution in [1.82, 2.24) is 9.78 Å². The van der Waals surface area contributed by atoms with Crippen molar-refractivity contribution in [3.63, 3.8) is 0 Å². The Morgan fingerprint density at radius 1 is 1.00 bits per heavy atom. The molecule has 9 heteroatoms. The Labute approximate surface area is 115 Å². The normalized spacial score (nSPS) is 12.7. The van der Waals surface area contributed by atoms with E-state index in [2.05, 4.69) is 5.10 Å². The molecule has 2 aromatic rings. The molecule has 1 heterocycles. The third-order valence-corrected chi connectivity index (χ3v) is 2.76. The maximum absolute atomic E-state index is 12.7. The fourth-order valence-electron chi connectivity index (χ4n) is 1.79. The minimum Gasteiger partial charge on any atom is -0.326 e. The Bertz CT molecular complexity index is 641. The average molecular weight is 309 g/mol. The molecule has 0 radical (unpaired) electrons. The van der Waals surface area contributed by atoms with Crippen LogP contribution in [-0.4, -0.2) is 9.78 Å². The molecular formula is C12H9F6N3. The standard InChI is InChI=1S/C12H9F6N3/c13-11(14,15)9-2-1-8(5-7(9)6-19)21-4-3-10(20-21)12(16,17)18/h1-5H,6,19H2. The third kappa shape index (κ3) is 3.18. The van der Waals surface area contributed by atoms with Crippen LogP contribution in [0.25, 0.3) is 5.69 Å². The molecule has 0 unspecified atom stereocenters. The lowest BCUT2D eigenvalue weighted by Gasteiger charge is -2.13. The van der Waals surface area contributed by atoms with E-state index in [1.165, 1.54) is 0 Å². The molecule has 0 aliphatic rings. The molecule has 1 aromatic carbocycles. The highest BCUT2D eigenvalue weighted by Gasteiger charge is 2.34. The van der Waals surface area contributed by atoms with E-state index in [-0.39, 0.29) is 11.3 Å². The summed E-state index contributed by atoms with van der Waals surface area (Å²) < 4.78 is 76.3. The summed E-state index contributed by atoms with van der Waals surface area (Å²) in [5.74, 6) is 0. The van der Waals surface area contributed by atoms with Gasteiger partial charge in [-0.2, -0.15) is 31.4 Å². The largest absolute Gasteiger partial charge is 0.435 e. The molecule has 0 saturated carbocycles. The van der Waals surface area contributed by atoms with Gasteiger partial charge in [-0.25, -0.2) is 4.68 Å². The molecule has 0 atom stereocenters. The lowest BCUT2D eigenvalue weighted by molar-refractivity contribution is -0.141. The number of hydrogen-bond donors (Lipinski definition) is 1. The van der Waals surface area contributed by atoms with E-state index in [1.807, 2.05) is 0 Å². The zero-order chi connectivity index (χ0) is 15.8. The highest BCUT2D eigenvalue weighted by molar-refractivity contribution is 5.41. The van der Waals surface area contributed by atoms with Gasteiger partial charge in [0, 0.05) is 12.7 Å². The van der Waals surface area contributed by atoms with Crippen LogP contribution in [-0.2, 0) is 18.9 Å². The van der Waals surface area contributed by atoms with E-state index < -0.39 is 30.2 Å². The van der Waals surface area contributed by atoms with Gasteiger partial charge < -0.3 is 5.73 Å². The minimum atomic E-state index is -4.62. The maximum Gasteiger partial charge on any atom is 0.435 e. The van der Waals surface area contributed by atoms with Gasteiger partial charge in [-0.15, -0.1) is 0 Å². The van der Waals surface area contributed by atoms with Crippen molar-refractivity contribution >= 4 is 0 Å². The molecule has 21 heavy (non-hydrogen) atoms. The molecule has 0 aliphatic carbocycles. The van der Waals surface area contributed by atoms with Gasteiger partial charge in [-0.1, -0.05) is 0 Å². The monoisotopic (exact) mass is 309 g/mol. The summed E-state index contributed by atoms with van der Waals surface area (Å²) in [6.07, 6.45) is -8.17. The number of alkyl halides is 6. The number of benzene rings is 1. The third-order valence-electron chi connectivity index (χ3n) is 2.76. The molecule has 0 spiro atoms. The highest BCUT2D eigenvalue weighted by atomic mass is 19.4. The van der Waals surface area contributed by atoms with Crippen molar-refractivity contribution in [2.75, 3.05) is 0 Å². The predicted molar refractivity (Wildman–Crippen MR) is 61.5 cm³/mol. The van der Waals surface area contributed by atoms with Gasteiger partial charge in [0.2, 0.25) is 0 Å². The second kappa shape index (κ2) is 5.06. The van der Waals surface area contributed by atoms with E-state index in [4.69, 9.17) is 5.73 Å². The SMILES string of the molecule is NCc1cc(-n2ccc(C(F)(F)F)n2)ccc1C(F)(F)F. The Hall–Kier alpha value is -2.03. The topological polar surface area (TPSA) is 43.8 Å². The van der Waals surface area contributed by atoms with Crippen LogP contribution < -0.4 is 5.73 Å². The van der Waals surface area contributed by atoms with Crippen LogP contribution in [0.4, 0.5) is 26.3 Å². The Morgan fingerprint density at radius 2 is 1.67 bits per heavy atom. The van der Waals surface area contributed by atoms with Gasteiger partial charge in [0.1, 0.15) is 0 Å². The Morgan fingerprint density at radius 3 is 2.14 bits per heavy atom. The van der Waals surface area contributed by atoms with Crippen molar-refractivity contribution in [3.8, 4) is 5.69 Å². The van der Waals surface area contributed by atoms with Gasteiger partial charge in [0.05, 0.1) is 11.3 Å². The van der Waals surface area contributed by atoms with Crippen LogP contribution in [0.3, 0.4) is 0 Å². The van der Waals surface area contributed by atoms with Crippen molar-refractivity contribution in [2.24, 2.45) is 5.73 Å². The zero-order valence-electron chi connectivity index (χ0n) is 10.3. The molecule has 2 rings (SSSR count). The van der Waals surface area contributed by atoms with Crippen molar-refractivity contribution in [2.45, 2.75) is 18.9 Å². The molecule has 1 aromatic heterocycles. The van der Waals surface area contributed by atoms with Crippen molar-refractivity contribution in [3.05, 3.63) is 47.3 Å². The van der Waals surface area contributed by atoms with Gasteiger partial charge in [0.25, 0.3) is 0 Å². The average Bonchev–Trinajstić information content (AvgIpc) is 2.86. The van der Waals surface area contributed by atoms with Crippen LogP contribution in [0.1, 0.15) is 16.8 Å². The number of hydrogen-bond acceptors (Lipinski definition) is 2. The maximum atomic E-state index is 12.7. The second-order valence-electron chi connectivity index (χ2n) is 4.19. The number of nitrogens with zero attached hydrogens (tertiary/aromatic N) is 2. The number of halogens is 6. The summed E-state index contributed by atoms with van der Waals surface area (Å²) in [4.78, 5) is 0. The first kappa shape index (κ1) is 15.4. The van der Waals surface area contributed by atoms with Crippen LogP contribution in [0.15, 0.2) is 30.5 Å². The second-order valence-corrected chi connectivity index (χ2v) is 4.19. The molecule has 0 saturated heterocycles. The summed E-state index contributed by atoms with van der Waals surface area (Å²) in [6.45, 7) is -0.393. The van der Waals surface area contributed by atoms with Crippen LogP contribution >= 0.6 is 0 Å². The van der Waals surface area contributed by atoms with E-state index in [9.17, 15) is 26.3 Å². The Kier molecular flexibility index (Phi) is 3.70. The molecule has 3 nitrogen and oxygen atoms in total. The van der Waals surface area contributed by atoms with E-state index in [0.29, 0.717) is 0 Å². The zero-order valence-corrected chi connectivity index (χ0v) is 10.3. The van der Waals surface area contributed by atoms with E-state index >= 15 is 0 Å². The van der Waals surface area contributed by atoms with Crippen LogP contribution in [0, 0.1) is 0 Å². The molecule has 0 amide bonds.